The molecule has 16 heavy (non-hydrogen) atoms. The molecule has 2 rings (SSSR count). The van der Waals surface area contributed by atoms with Crippen molar-refractivity contribution in [3.63, 3.8) is 0 Å². The van der Waals surface area contributed by atoms with Gasteiger partial charge in [-0.25, -0.2) is 0 Å². The van der Waals surface area contributed by atoms with E-state index in [1.165, 1.54) is 0 Å². The van der Waals surface area contributed by atoms with Crippen LogP contribution < -0.4 is 0 Å². The van der Waals surface area contributed by atoms with Crippen molar-refractivity contribution in [2.45, 2.75) is 18.4 Å². The van der Waals surface area contributed by atoms with E-state index in [-0.39, 0.29) is 12.0 Å². The van der Waals surface area contributed by atoms with Crippen LogP contribution in [-0.2, 0) is 0 Å². The lowest BCUT2D eigenvalue weighted by molar-refractivity contribution is 0.176. The number of β-amino-alcohol motifs (C(OH)–C–C–N with tert-alkyl or cyclic N) is 1. The predicted molar refractivity (Wildman–Crippen MR) is 61.9 cm³/mol. The van der Waals surface area contributed by atoms with Gasteiger partial charge >= 0.3 is 0 Å². The second kappa shape index (κ2) is 5.11. The second-order valence-corrected chi connectivity index (χ2v) is 4.29. The number of hydrogen-bond donors (Lipinski definition) is 1. The maximum Gasteiger partial charge on any atom is 0.0839 e. The lowest BCUT2D eigenvalue weighted by Gasteiger charge is -2.18. The third kappa shape index (κ3) is 2.60. The fourth-order valence-electron chi connectivity index (χ4n) is 2.14. The van der Waals surface area contributed by atoms with Crippen LogP contribution >= 0.6 is 0 Å². The molecule has 1 fully saturated rings. The van der Waals surface area contributed by atoms with Crippen molar-refractivity contribution in [3.05, 3.63) is 35.9 Å². The Hall–Kier alpha value is -1.37. The molecule has 84 valence electrons. The molecule has 1 aromatic carbocycles. The summed E-state index contributed by atoms with van der Waals surface area (Å²) in [6, 6.07) is 12.2. The van der Waals surface area contributed by atoms with E-state index in [1.807, 2.05) is 30.3 Å². The van der Waals surface area contributed by atoms with Crippen LogP contribution in [0.4, 0.5) is 0 Å². The molecule has 1 aliphatic heterocycles. The largest absolute Gasteiger partial charge is 0.392 e. The van der Waals surface area contributed by atoms with Gasteiger partial charge in [0, 0.05) is 19.6 Å². The Morgan fingerprint density at radius 2 is 2.19 bits per heavy atom. The normalized spacial score (nSPS) is 22.9. The number of nitriles is 1. The Bertz CT molecular complexity index is 371. The second-order valence-electron chi connectivity index (χ2n) is 4.29. The Kier molecular flexibility index (Phi) is 3.55. The number of benzene rings is 1. The van der Waals surface area contributed by atoms with Gasteiger partial charge in [-0.05, 0) is 12.0 Å². The Morgan fingerprint density at radius 3 is 2.75 bits per heavy atom. The van der Waals surface area contributed by atoms with Gasteiger partial charge < -0.3 is 5.11 Å². The topological polar surface area (TPSA) is 47.3 Å². The van der Waals surface area contributed by atoms with Crippen LogP contribution in [0.1, 0.15) is 17.9 Å². The van der Waals surface area contributed by atoms with E-state index in [0.717, 1.165) is 25.1 Å². The molecule has 0 saturated carbocycles. The molecule has 0 spiro atoms. The predicted octanol–water partition coefficient (Wildman–Crippen LogP) is 1.36. The number of rotatable bonds is 3. The minimum absolute atomic E-state index is 0.0912. The third-order valence-corrected chi connectivity index (χ3v) is 3.05. The first kappa shape index (κ1) is 11.1. The molecule has 0 aliphatic carbocycles. The van der Waals surface area contributed by atoms with Crippen LogP contribution in [0, 0.1) is 11.3 Å². The standard InChI is InChI=1S/C13H16N2O/c14-8-12(11-4-2-1-3-5-11)9-15-7-6-13(16)10-15/h1-5,12-13,16H,6-7,9-10H2/t12?,13-/m0/s1. The summed E-state index contributed by atoms with van der Waals surface area (Å²) in [5.41, 5.74) is 1.06. The summed E-state index contributed by atoms with van der Waals surface area (Å²) >= 11 is 0. The minimum atomic E-state index is -0.213. The molecule has 0 radical (unpaired) electrons. The van der Waals surface area contributed by atoms with Gasteiger partial charge in [0.15, 0.2) is 0 Å². The average Bonchev–Trinajstić information content (AvgIpc) is 2.73. The summed E-state index contributed by atoms with van der Waals surface area (Å²) in [5.74, 6) is -0.0912. The highest BCUT2D eigenvalue weighted by atomic mass is 16.3. The first-order valence-electron chi connectivity index (χ1n) is 5.64. The molecule has 3 heteroatoms. The molecule has 0 amide bonds. The van der Waals surface area contributed by atoms with Gasteiger partial charge in [0.2, 0.25) is 0 Å². The van der Waals surface area contributed by atoms with Gasteiger partial charge in [-0.2, -0.15) is 5.26 Å². The minimum Gasteiger partial charge on any atom is -0.392 e. The average molecular weight is 216 g/mol. The molecule has 1 N–H and O–H groups in total. The molecule has 3 nitrogen and oxygen atoms in total. The number of aliphatic hydroxyl groups is 1. The van der Waals surface area contributed by atoms with Crippen molar-refractivity contribution < 1.29 is 5.11 Å². The summed E-state index contributed by atoms with van der Waals surface area (Å²) in [7, 11) is 0. The Labute approximate surface area is 95.9 Å². The SMILES string of the molecule is N#CC(CN1CC[C@H](O)C1)c1ccccc1. The lowest BCUT2D eigenvalue weighted by Crippen LogP contribution is -2.27. The lowest BCUT2D eigenvalue weighted by atomic mass is 10.0. The highest BCUT2D eigenvalue weighted by Gasteiger charge is 2.23. The van der Waals surface area contributed by atoms with Crippen molar-refractivity contribution in [1.29, 1.82) is 5.26 Å². The van der Waals surface area contributed by atoms with Gasteiger partial charge in [-0.15, -0.1) is 0 Å². The molecular formula is C13H16N2O. The highest BCUT2D eigenvalue weighted by molar-refractivity contribution is 5.25. The van der Waals surface area contributed by atoms with E-state index in [4.69, 9.17) is 5.26 Å². The fourth-order valence-corrected chi connectivity index (χ4v) is 2.14. The molecule has 0 bridgehead atoms. The third-order valence-electron chi connectivity index (χ3n) is 3.05. The molecule has 0 aromatic heterocycles. The molecule has 1 aromatic rings. The van der Waals surface area contributed by atoms with E-state index < -0.39 is 0 Å². The van der Waals surface area contributed by atoms with Crippen molar-refractivity contribution in [2.24, 2.45) is 0 Å². The summed E-state index contributed by atoms with van der Waals surface area (Å²) in [5, 5.41) is 18.6. The summed E-state index contributed by atoms with van der Waals surface area (Å²) < 4.78 is 0. The Morgan fingerprint density at radius 1 is 1.44 bits per heavy atom. The highest BCUT2D eigenvalue weighted by Crippen LogP contribution is 2.19. The van der Waals surface area contributed by atoms with Crippen LogP contribution in [-0.4, -0.2) is 35.7 Å². The van der Waals surface area contributed by atoms with Crippen LogP contribution in [0.25, 0.3) is 0 Å². The maximum absolute atomic E-state index is 9.43. The van der Waals surface area contributed by atoms with Crippen LogP contribution in [0.15, 0.2) is 30.3 Å². The van der Waals surface area contributed by atoms with E-state index in [0.29, 0.717) is 6.54 Å². The van der Waals surface area contributed by atoms with Gasteiger partial charge in [0.25, 0.3) is 0 Å². The van der Waals surface area contributed by atoms with Gasteiger partial charge in [-0.1, -0.05) is 30.3 Å². The van der Waals surface area contributed by atoms with Crippen molar-refractivity contribution >= 4 is 0 Å². The number of nitrogens with zero attached hydrogens (tertiary/aromatic N) is 2. The molecule has 1 saturated heterocycles. The van der Waals surface area contributed by atoms with E-state index in [2.05, 4.69) is 11.0 Å². The monoisotopic (exact) mass is 216 g/mol. The molecule has 2 atom stereocenters. The van der Waals surface area contributed by atoms with Crippen LogP contribution in [0.5, 0.6) is 0 Å². The first-order chi connectivity index (χ1) is 7.79. The van der Waals surface area contributed by atoms with E-state index >= 15 is 0 Å². The van der Waals surface area contributed by atoms with Crippen molar-refractivity contribution in [2.75, 3.05) is 19.6 Å². The van der Waals surface area contributed by atoms with E-state index in [9.17, 15) is 5.11 Å². The molecule has 1 aliphatic rings. The van der Waals surface area contributed by atoms with Crippen molar-refractivity contribution in [3.8, 4) is 6.07 Å². The fraction of sp³-hybridized carbons (Fsp3) is 0.462. The van der Waals surface area contributed by atoms with Crippen LogP contribution in [0.3, 0.4) is 0 Å². The van der Waals surface area contributed by atoms with Gasteiger partial charge in [0.05, 0.1) is 18.1 Å². The zero-order valence-corrected chi connectivity index (χ0v) is 9.21. The molecule has 1 unspecified atom stereocenters. The summed E-state index contributed by atoms with van der Waals surface area (Å²) in [6.07, 6.45) is 0.613. The van der Waals surface area contributed by atoms with Gasteiger partial charge in [-0.3, -0.25) is 4.90 Å². The first-order valence-corrected chi connectivity index (χ1v) is 5.64. The maximum atomic E-state index is 9.43. The number of likely N-dealkylation sites (tertiary alicyclic amines) is 1. The summed E-state index contributed by atoms with van der Waals surface area (Å²) in [4.78, 5) is 2.16. The number of aliphatic hydroxyl groups excluding tert-OH is 1. The summed E-state index contributed by atoms with van der Waals surface area (Å²) in [6.45, 7) is 2.31. The van der Waals surface area contributed by atoms with Crippen LogP contribution in [0.2, 0.25) is 0 Å². The quantitative estimate of drug-likeness (QED) is 0.830. The Balaban J connectivity index is 1.99. The van der Waals surface area contributed by atoms with Gasteiger partial charge in [0.1, 0.15) is 0 Å². The molecule has 1 heterocycles. The smallest absolute Gasteiger partial charge is 0.0839 e. The molecular weight excluding hydrogens is 200 g/mol. The van der Waals surface area contributed by atoms with E-state index in [1.54, 1.807) is 0 Å². The zero-order chi connectivity index (χ0) is 11.4. The zero-order valence-electron chi connectivity index (χ0n) is 9.21. The van der Waals surface area contributed by atoms with Crippen molar-refractivity contribution in [1.82, 2.24) is 4.90 Å². The number of hydrogen-bond acceptors (Lipinski definition) is 3.